The molecule has 9 nitrogen and oxygen atoms in total. The SMILES string of the molecule is CCC(CC(=O)OCOC(=O)c1ccc(CN)cc1)c1ccc(N(CC(C)C)CC(C)C)c(NC(=O)Nc2ccc(C)cc2)c1. The fourth-order valence-corrected chi connectivity index (χ4v) is 5.02. The minimum absolute atomic E-state index is 0.0926. The van der Waals surface area contributed by atoms with Gasteiger partial charge in [0.15, 0.2) is 0 Å². The van der Waals surface area contributed by atoms with Gasteiger partial charge in [-0.1, -0.05) is 70.5 Å². The second-order valence-corrected chi connectivity index (χ2v) is 12.2. The van der Waals surface area contributed by atoms with E-state index in [1.54, 1.807) is 24.3 Å². The quantitative estimate of drug-likeness (QED) is 0.120. The highest BCUT2D eigenvalue weighted by Crippen LogP contribution is 2.34. The van der Waals surface area contributed by atoms with Crippen LogP contribution in [0.1, 0.15) is 80.4 Å². The van der Waals surface area contributed by atoms with Gasteiger partial charge in [0.1, 0.15) is 0 Å². The van der Waals surface area contributed by atoms with E-state index < -0.39 is 18.7 Å². The Bertz CT molecular complexity index is 1390. The molecule has 0 aliphatic heterocycles. The third-order valence-corrected chi connectivity index (χ3v) is 7.30. The Balaban J connectivity index is 1.75. The summed E-state index contributed by atoms with van der Waals surface area (Å²) in [5.41, 5.74) is 11.1. The van der Waals surface area contributed by atoms with E-state index in [0.717, 1.165) is 35.5 Å². The van der Waals surface area contributed by atoms with Crippen LogP contribution in [0.2, 0.25) is 0 Å². The predicted molar refractivity (Wildman–Crippen MR) is 181 cm³/mol. The van der Waals surface area contributed by atoms with Crippen LogP contribution in [0.3, 0.4) is 0 Å². The number of nitrogens with zero attached hydrogens (tertiary/aromatic N) is 1. The third-order valence-electron chi connectivity index (χ3n) is 7.30. The molecule has 1 atom stereocenters. The van der Waals surface area contributed by atoms with Crippen LogP contribution >= 0.6 is 0 Å². The highest BCUT2D eigenvalue weighted by Gasteiger charge is 2.21. The highest BCUT2D eigenvalue weighted by atomic mass is 16.7. The Morgan fingerprint density at radius 3 is 2.07 bits per heavy atom. The molecule has 0 fully saturated rings. The van der Waals surface area contributed by atoms with Gasteiger partial charge in [0, 0.05) is 25.3 Å². The number of urea groups is 1. The van der Waals surface area contributed by atoms with Crippen molar-refractivity contribution in [3.63, 3.8) is 0 Å². The van der Waals surface area contributed by atoms with E-state index in [0.29, 0.717) is 41.7 Å². The summed E-state index contributed by atoms with van der Waals surface area (Å²) in [5, 5.41) is 5.99. The van der Waals surface area contributed by atoms with Crippen molar-refractivity contribution in [3.8, 4) is 0 Å². The van der Waals surface area contributed by atoms with Crippen molar-refractivity contribution in [2.24, 2.45) is 17.6 Å². The Morgan fingerprint density at radius 1 is 0.844 bits per heavy atom. The lowest BCUT2D eigenvalue weighted by Crippen LogP contribution is -2.32. The van der Waals surface area contributed by atoms with Crippen molar-refractivity contribution in [2.75, 3.05) is 35.4 Å². The zero-order valence-corrected chi connectivity index (χ0v) is 27.4. The molecule has 0 aliphatic rings. The molecule has 0 saturated carbocycles. The van der Waals surface area contributed by atoms with Crippen molar-refractivity contribution in [1.82, 2.24) is 0 Å². The number of anilines is 3. The predicted octanol–water partition coefficient (Wildman–Crippen LogP) is 7.46. The van der Waals surface area contributed by atoms with Gasteiger partial charge in [0.05, 0.1) is 23.4 Å². The van der Waals surface area contributed by atoms with Crippen LogP contribution in [0.5, 0.6) is 0 Å². The lowest BCUT2D eigenvalue weighted by Gasteiger charge is -2.31. The van der Waals surface area contributed by atoms with Gasteiger partial charge >= 0.3 is 18.0 Å². The maximum atomic E-state index is 13.2. The molecule has 3 rings (SSSR count). The smallest absolute Gasteiger partial charge is 0.340 e. The lowest BCUT2D eigenvalue weighted by molar-refractivity contribution is -0.152. The largest absolute Gasteiger partial charge is 0.428 e. The number of amides is 2. The molecule has 0 radical (unpaired) electrons. The molecule has 1 unspecified atom stereocenters. The number of carbonyl (C=O) groups is 3. The van der Waals surface area contributed by atoms with E-state index in [2.05, 4.69) is 43.2 Å². The van der Waals surface area contributed by atoms with Crippen LogP contribution in [-0.2, 0) is 20.8 Å². The summed E-state index contributed by atoms with van der Waals surface area (Å²) < 4.78 is 10.4. The first-order chi connectivity index (χ1) is 21.5. The van der Waals surface area contributed by atoms with E-state index in [-0.39, 0.29) is 18.4 Å². The number of esters is 2. The monoisotopic (exact) mass is 616 g/mol. The van der Waals surface area contributed by atoms with E-state index in [4.69, 9.17) is 15.2 Å². The second kappa shape index (κ2) is 17.2. The first kappa shape index (κ1) is 35.1. The third kappa shape index (κ3) is 11.2. The molecular weight excluding hydrogens is 568 g/mol. The molecular formula is C36H48N4O5. The van der Waals surface area contributed by atoms with Crippen LogP contribution in [0.4, 0.5) is 21.9 Å². The molecule has 3 aromatic rings. The minimum Gasteiger partial charge on any atom is -0.428 e. The van der Waals surface area contributed by atoms with Gasteiger partial charge < -0.3 is 30.7 Å². The summed E-state index contributed by atoms with van der Waals surface area (Å²) in [5.74, 6) is -0.410. The fraction of sp³-hybridized carbons (Fsp3) is 0.417. The number of benzene rings is 3. The standard InChI is InChI=1S/C36H48N4O5/c1-7-28(19-34(41)44-23-45-35(42)29-12-10-27(20-37)11-13-29)30-14-17-33(40(21-24(2)3)22-25(4)5)32(18-30)39-36(43)38-31-15-8-26(6)9-16-31/h8-18,24-25,28H,7,19-23,37H2,1-6H3,(H2,38,39,43). The Labute approximate surface area is 267 Å². The van der Waals surface area contributed by atoms with Crippen LogP contribution in [0.15, 0.2) is 66.7 Å². The Morgan fingerprint density at radius 2 is 1.49 bits per heavy atom. The summed E-state index contributed by atoms with van der Waals surface area (Å²) in [6.07, 6.45) is 0.758. The maximum absolute atomic E-state index is 13.2. The topological polar surface area (TPSA) is 123 Å². The van der Waals surface area contributed by atoms with Crippen molar-refractivity contribution in [2.45, 2.75) is 66.8 Å². The number of nitrogens with one attached hydrogen (secondary N) is 2. The van der Waals surface area contributed by atoms with Crippen LogP contribution in [0, 0.1) is 18.8 Å². The molecule has 3 aromatic carbocycles. The fourth-order valence-electron chi connectivity index (χ4n) is 5.02. The van der Waals surface area contributed by atoms with Crippen molar-refractivity contribution >= 4 is 35.0 Å². The molecule has 2 amide bonds. The van der Waals surface area contributed by atoms with Gasteiger partial charge in [0.2, 0.25) is 6.79 Å². The molecule has 0 saturated heterocycles. The molecule has 0 bridgehead atoms. The van der Waals surface area contributed by atoms with Crippen LogP contribution < -0.4 is 21.3 Å². The molecule has 0 spiro atoms. The first-order valence-corrected chi connectivity index (χ1v) is 15.6. The molecule has 9 heteroatoms. The van der Waals surface area contributed by atoms with E-state index in [9.17, 15) is 14.4 Å². The zero-order valence-electron chi connectivity index (χ0n) is 27.4. The number of carbonyl (C=O) groups excluding carboxylic acids is 3. The maximum Gasteiger partial charge on any atom is 0.340 e. The number of ether oxygens (including phenoxy) is 2. The molecule has 45 heavy (non-hydrogen) atoms. The number of aryl methyl sites for hydroxylation is 1. The van der Waals surface area contributed by atoms with Crippen LogP contribution in [0.25, 0.3) is 0 Å². The van der Waals surface area contributed by atoms with Gasteiger partial charge in [0.25, 0.3) is 0 Å². The Hall–Kier alpha value is -4.37. The van der Waals surface area contributed by atoms with Crippen molar-refractivity contribution in [1.29, 1.82) is 0 Å². The Kier molecular flexibility index (Phi) is 13.4. The highest BCUT2D eigenvalue weighted by molar-refractivity contribution is 6.02. The average Bonchev–Trinajstić information content (AvgIpc) is 3.00. The van der Waals surface area contributed by atoms with E-state index >= 15 is 0 Å². The summed E-state index contributed by atoms with van der Waals surface area (Å²) in [6.45, 7) is 14.2. The van der Waals surface area contributed by atoms with E-state index in [1.165, 1.54) is 0 Å². The number of hydrogen-bond acceptors (Lipinski definition) is 7. The van der Waals surface area contributed by atoms with Gasteiger partial charge in [-0.25, -0.2) is 9.59 Å². The number of nitrogens with two attached hydrogens (primary N) is 1. The molecule has 4 N–H and O–H groups in total. The van der Waals surface area contributed by atoms with Crippen molar-refractivity contribution < 1.29 is 23.9 Å². The van der Waals surface area contributed by atoms with Gasteiger partial charge in [-0.15, -0.1) is 0 Å². The molecule has 0 aliphatic carbocycles. The summed E-state index contributed by atoms with van der Waals surface area (Å²) in [7, 11) is 0. The average molecular weight is 617 g/mol. The summed E-state index contributed by atoms with van der Waals surface area (Å²) in [4.78, 5) is 40.6. The molecule has 242 valence electrons. The lowest BCUT2D eigenvalue weighted by atomic mass is 9.92. The normalized spacial score (nSPS) is 11.7. The van der Waals surface area contributed by atoms with Gasteiger partial charge in [-0.05, 0) is 78.6 Å². The zero-order chi connectivity index (χ0) is 32.9. The van der Waals surface area contributed by atoms with Crippen LogP contribution in [-0.4, -0.2) is 37.9 Å². The van der Waals surface area contributed by atoms with Gasteiger partial charge in [-0.2, -0.15) is 0 Å². The summed E-state index contributed by atoms with van der Waals surface area (Å²) >= 11 is 0. The van der Waals surface area contributed by atoms with Crippen molar-refractivity contribution in [3.05, 3.63) is 89.0 Å². The summed E-state index contributed by atoms with van der Waals surface area (Å²) in [6, 6.07) is 20.0. The molecule has 0 heterocycles. The number of hydrogen-bond donors (Lipinski definition) is 3. The first-order valence-electron chi connectivity index (χ1n) is 15.6. The van der Waals surface area contributed by atoms with Gasteiger partial charge in [-0.3, -0.25) is 4.79 Å². The minimum atomic E-state index is -0.582. The second-order valence-electron chi connectivity index (χ2n) is 12.2. The number of rotatable bonds is 15. The molecule has 0 aromatic heterocycles. The van der Waals surface area contributed by atoms with E-state index in [1.807, 2.05) is 56.3 Å².